The molecular formula is C19H22N4O3. The van der Waals surface area contributed by atoms with Crippen molar-refractivity contribution >= 4 is 11.6 Å². The summed E-state index contributed by atoms with van der Waals surface area (Å²) in [5, 5.41) is 13.5. The molecule has 1 heterocycles. The van der Waals surface area contributed by atoms with Gasteiger partial charge in [0.15, 0.2) is 0 Å². The number of rotatable bonds is 5. The smallest absolute Gasteiger partial charge is 0.258 e. The van der Waals surface area contributed by atoms with Crippen LogP contribution in [-0.4, -0.2) is 29.9 Å². The average Bonchev–Trinajstić information content (AvgIpc) is 3.16. The van der Waals surface area contributed by atoms with E-state index in [1.165, 1.54) is 0 Å². The second-order valence-electron chi connectivity index (χ2n) is 6.09. The minimum Gasteiger partial charge on any atom is -0.508 e. The van der Waals surface area contributed by atoms with Crippen LogP contribution in [0.5, 0.6) is 11.5 Å². The Balaban J connectivity index is 1.61. The molecule has 1 amide bonds. The van der Waals surface area contributed by atoms with Gasteiger partial charge in [0.05, 0.1) is 18.9 Å². The fraction of sp³-hybridized carbons (Fsp3) is 0.263. The fourth-order valence-electron chi connectivity index (χ4n) is 2.87. The third-order valence-corrected chi connectivity index (χ3v) is 4.35. The van der Waals surface area contributed by atoms with E-state index in [0.29, 0.717) is 12.1 Å². The first-order chi connectivity index (χ1) is 12.6. The highest BCUT2D eigenvalue weighted by Crippen LogP contribution is 2.29. The Bertz CT molecular complexity index is 805. The minimum atomic E-state index is -0.402. The number of para-hydroxylation sites is 1. The van der Waals surface area contributed by atoms with E-state index in [-0.39, 0.29) is 17.7 Å². The summed E-state index contributed by atoms with van der Waals surface area (Å²) in [6.07, 6.45) is 0.583. The number of carbonyl (C=O) groups is 1. The van der Waals surface area contributed by atoms with Gasteiger partial charge in [0.1, 0.15) is 17.5 Å². The maximum absolute atomic E-state index is 12.4. The van der Waals surface area contributed by atoms with Crippen molar-refractivity contribution in [2.24, 2.45) is 5.10 Å². The van der Waals surface area contributed by atoms with Crippen LogP contribution < -0.4 is 21.0 Å². The number of ether oxygens (including phenoxy) is 1. The van der Waals surface area contributed by atoms with Crippen LogP contribution in [0.15, 0.2) is 53.6 Å². The molecule has 1 aliphatic rings. The van der Waals surface area contributed by atoms with Gasteiger partial charge in [0, 0.05) is 5.56 Å². The number of benzene rings is 2. The quantitative estimate of drug-likeness (QED) is 0.486. The summed E-state index contributed by atoms with van der Waals surface area (Å²) in [4.78, 5) is 12.4. The largest absolute Gasteiger partial charge is 0.508 e. The molecule has 0 spiro atoms. The fourth-order valence-corrected chi connectivity index (χ4v) is 2.87. The highest BCUT2D eigenvalue weighted by atomic mass is 16.5. The third kappa shape index (κ3) is 4.01. The Kier molecular flexibility index (Phi) is 5.50. The predicted molar refractivity (Wildman–Crippen MR) is 98.9 cm³/mol. The van der Waals surface area contributed by atoms with Crippen molar-refractivity contribution in [1.82, 2.24) is 16.3 Å². The molecule has 1 aliphatic heterocycles. The van der Waals surface area contributed by atoms with Gasteiger partial charge in [-0.15, -0.1) is 0 Å². The van der Waals surface area contributed by atoms with E-state index in [1.807, 2.05) is 24.3 Å². The second kappa shape index (κ2) is 7.99. The number of hydrazone groups is 1. The number of nitrogens with one attached hydrogen (secondary N) is 3. The van der Waals surface area contributed by atoms with Crippen molar-refractivity contribution in [3.05, 3.63) is 59.7 Å². The molecule has 2 aromatic carbocycles. The summed E-state index contributed by atoms with van der Waals surface area (Å²) in [7, 11) is 1.63. The van der Waals surface area contributed by atoms with Gasteiger partial charge in [-0.25, -0.2) is 16.3 Å². The van der Waals surface area contributed by atoms with Gasteiger partial charge in [0.2, 0.25) is 0 Å². The summed E-state index contributed by atoms with van der Waals surface area (Å²) in [5.41, 5.74) is 11.2. The number of methoxy groups -OCH3 is 1. The first kappa shape index (κ1) is 17.9. The predicted octanol–water partition coefficient (Wildman–Crippen LogP) is 1.85. The lowest BCUT2D eigenvalue weighted by molar-refractivity contribution is -0.122. The third-order valence-electron chi connectivity index (χ3n) is 4.35. The summed E-state index contributed by atoms with van der Waals surface area (Å²) in [5.74, 6) is 0.760. The first-order valence-electron chi connectivity index (χ1n) is 8.36. The highest BCUT2D eigenvalue weighted by Gasteiger charge is 2.31. The Hall–Kier alpha value is -2.90. The van der Waals surface area contributed by atoms with E-state index in [2.05, 4.69) is 21.4 Å². The lowest BCUT2D eigenvalue weighted by Gasteiger charge is -2.13. The Labute approximate surface area is 152 Å². The van der Waals surface area contributed by atoms with E-state index in [4.69, 9.17) is 4.74 Å². The maximum Gasteiger partial charge on any atom is 0.258 e. The molecule has 136 valence electrons. The number of hydrogen-bond donors (Lipinski definition) is 4. The molecule has 3 rings (SSSR count). The van der Waals surface area contributed by atoms with Gasteiger partial charge in [-0.3, -0.25) is 4.79 Å². The van der Waals surface area contributed by atoms with Gasteiger partial charge < -0.3 is 9.84 Å². The monoisotopic (exact) mass is 354 g/mol. The van der Waals surface area contributed by atoms with Crippen LogP contribution in [0.25, 0.3) is 0 Å². The van der Waals surface area contributed by atoms with E-state index < -0.39 is 6.04 Å². The standard InChI is InChI=1S/C19H22N4O3/c1-12(13-7-9-14(24)10-8-13)20-23-19(25)17-11-16(21-22-17)15-5-3-4-6-18(15)26-2/h3-10,16-17,21-22,24H,11H2,1-2H3,(H,23,25)/b20-12+. The molecule has 0 aromatic heterocycles. The van der Waals surface area contributed by atoms with E-state index in [0.717, 1.165) is 16.9 Å². The van der Waals surface area contributed by atoms with Crippen LogP contribution in [0.2, 0.25) is 0 Å². The molecular weight excluding hydrogens is 332 g/mol. The van der Waals surface area contributed by atoms with Crippen LogP contribution in [0.4, 0.5) is 0 Å². The molecule has 4 N–H and O–H groups in total. The number of nitrogens with zero attached hydrogens (tertiary/aromatic N) is 1. The summed E-state index contributed by atoms with van der Waals surface area (Å²) in [6, 6.07) is 14.0. The molecule has 1 fully saturated rings. The zero-order valence-electron chi connectivity index (χ0n) is 14.7. The highest BCUT2D eigenvalue weighted by molar-refractivity contribution is 5.99. The normalized spacial score (nSPS) is 20.0. The minimum absolute atomic E-state index is 0.0240. The summed E-state index contributed by atoms with van der Waals surface area (Å²) >= 11 is 0. The van der Waals surface area contributed by atoms with E-state index >= 15 is 0 Å². The molecule has 2 unspecified atom stereocenters. The Morgan fingerprint density at radius 1 is 1.19 bits per heavy atom. The first-order valence-corrected chi connectivity index (χ1v) is 8.36. The molecule has 26 heavy (non-hydrogen) atoms. The average molecular weight is 354 g/mol. The number of amides is 1. The summed E-state index contributed by atoms with van der Waals surface area (Å²) in [6.45, 7) is 1.80. The Morgan fingerprint density at radius 3 is 2.65 bits per heavy atom. The number of carbonyl (C=O) groups excluding carboxylic acids is 1. The zero-order valence-corrected chi connectivity index (χ0v) is 14.7. The lowest BCUT2D eigenvalue weighted by atomic mass is 10.0. The molecule has 0 aliphatic carbocycles. The molecule has 0 radical (unpaired) electrons. The molecule has 0 bridgehead atoms. The van der Waals surface area contributed by atoms with E-state index in [1.54, 1.807) is 38.3 Å². The van der Waals surface area contributed by atoms with Gasteiger partial charge >= 0.3 is 0 Å². The molecule has 0 saturated carbocycles. The molecule has 2 aromatic rings. The Morgan fingerprint density at radius 2 is 1.92 bits per heavy atom. The van der Waals surface area contributed by atoms with Crippen LogP contribution >= 0.6 is 0 Å². The van der Waals surface area contributed by atoms with Crippen LogP contribution in [0.1, 0.15) is 30.5 Å². The number of hydrogen-bond acceptors (Lipinski definition) is 6. The van der Waals surface area contributed by atoms with Crippen molar-refractivity contribution in [2.75, 3.05) is 7.11 Å². The number of phenolic OH excluding ortho intramolecular Hbond substituents is 1. The zero-order chi connectivity index (χ0) is 18.5. The van der Waals surface area contributed by atoms with Crippen molar-refractivity contribution in [2.45, 2.75) is 25.4 Å². The molecule has 1 saturated heterocycles. The topological polar surface area (TPSA) is 95.0 Å². The number of aromatic hydroxyl groups is 1. The lowest BCUT2D eigenvalue weighted by Crippen LogP contribution is -2.41. The van der Waals surface area contributed by atoms with Crippen LogP contribution in [0, 0.1) is 0 Å². The molecule has 2 atom stereocenters. The molecule has 7 heteroatoms. The number of hydrazine groups is 1. The van der Waals surface area contributed by atoms with Gasteiger partial charge in [-0.1, -0.05) is 18.2 Å². The maximum atomic E-state index is 12.4. The van der Waals surface area contributed by atoms with E-state index in [9.17, 15) is 9.90 Å². The van der Waals surface area contributed by atoms with Gasteiger partial charge in [-0.05, 0) is 49.2 Å². The van der Waals surface area contributed by atoms with Crippen LogP contribution in [-0.2, 0) is 4.79 Å². The van der Waals surface area contributed by atoms with Crippen LogP contribution in [0.3, 0.4) is 0 Å². The van der Waals surface area contributed by atoms with Crippen molar-refractivity contribution in [1.29, 1.82) is 0 Å². The second-order valence-corrected chi connectivity index (χ2v) is 6.09. The molecule has 7 nitrogen and oxygen atoms in total. The summed E-state index contributed by atoms with van der Waals surface area (Å²) < 4.78 is 5.38. The van der Waals surface area contributed by atoms with Crippen molar-refractivity contribution < 1.29 is 14.6 Å². The van der Waals surface area contributed by atoms with Crippen molar-refractivity contribution in [3.8, 4) is 11.5 Å². The van der Waals surface area contributed by atoms with Crippen molar-refractivity contribution in [3.63, 3.8) is 0 Å². The van der Waals surface area contributed by atoms with Gasteiger partial charge in [-0.2, -0.15) is 5.10 Å². The van der Waals surface area contributed by atoms with Gasteiger partial charge in [0.25, 0.3) is 5.91 Å². The number of phenols is 1. The SMILES string of the molecule is COc1ccccc1C1CC(C(=O)N/N=C(\C)c2ccc(O)cc2)NN1.